The first kappa shape index (κ1) is 15.0. The van der Waals surface area contributed by atoms with Gasteiger partial charge in [0.05, 0.1) is 6.10 Å². The molecule has 1 heterocycles. The van der Waals surface area contributed by atoms with E-state index in [4.69, 9.17) is 10.5 Å². The third-order valence-electron chi connectivity index (χ3n) is 3.68. The van der Waals surface area contributed by atoms with Gasteiger partial charge in [-0.05, 0) is 49.9 Å². The Labute approximate surface area is 133 Å². The van der Waals surface area contributed by atoms with Gasteiger partial charge in [-0.15, -0.1) is 11.3 Å². The highest BCUT2D eigenvalue weighted by Gasteiger charge is 2.16. The number of ether oxygens (including phenoxy) is 1. The van der Waals surface area contributed by atoms with Crippen molar-refractivity contribution in [3.8, 4) is 5.75 Å². The lowest BCUT2D eigenvalue weighted by atomic mass is 10.2. The number of nitrogens with one attached hydrogen (secondary N) is 1. The molecule has 2 aromatic rings. The maximum Gasteiger partial charge on any atom is 0.275 e. The van der Waals surface area contributed by atoms with Gasteiger partial charge in [-0.2, -0.15) is 0 Å². The Balaban J connectivity index is 1.59. The molecule has 5 nitrogen and oxygen atoms in total. The van der Waals surface area contributed by atoms with Crippen LogP contribution in [0.5, 0.6) is 5.75 Å². The van der Waals surface area contributed by atoms with E-state index >= 15 is 0 Å². The van der Waals surface area contributed by atoms with Crippen LogP contribution in [0.25, 0.3) is 0 Å². The van der Waals surface area contributed by atoms with Crippen molar-refractivity contribution in [3.63, 3.8) is 0 Å². The van der Waals surface area contributed by atoms with Crippen LogP contribution in [-0.2, 0) is 6.54 Å². The molecule has 0 aliphatic heterocycles. The van der Waals surface area contributed by atoms with Gasteiger partial charge in [0.15, 0.2) is 0 Å². The van der Waals surface area contributed by atoms with Crippen LogP contribution in [0.2, 0.25) is 0 Å². The van der Waals surface area contributed by atoms with Crippen LogP contribution in [0.3, 0.4) is 0 Å². The zero-order chi connectivity index (χ0) is 15.4. The fraction of sp³-hybridized carbons (Fsp3) is 0.375. The van der Waals surface area contributed by atoms with Gasteiger partial charge >= 0.3 is 0 Å². The molecule has 1 amide bonds. The lowest BCUT2D eigenvalue weighted by molar-refractivity contribution is 0.102. The maximum atomic E-state index is 12.1. The average molecular weight is 317 g/mol. The lowest BCUT2D eigenvalue weighted by Crippen LogP contribution is -2.13. The fourth-order valence-electron chi connectivity index (χ4n) is 2.52. The second kappa shape index (κ2) is 6.89. The molecule has 0 saturated heterocycles. The molecule has 0 bridgehead atoms. The van der Waals surface area contributed by atoms with Gasteiger partial charge in [0.25, 0.3) is 5.91 Å². The van der Waals surface area contributed by atoms with Gasteiger partial charge in [-0.25, -0.2) is 4.98 Å². The van der Waals surface area contributed by atoms with Crippen molar-refractivity contribution in [1.29, 1.82) is 0 Å². The second-order valence-corrected chi connectivity index (χ2v) is 6.28. The smallest absolute Gasteiger partial charge is 0.275 e. The van der Waals surface area contributed by atoms with Gasteiger partial charge in [0.1, 0.15) is 16.5 Å². The number of nitrogens with two attached hydrogens (primary N) is 1. The Morgan fingerprint density at radius 2 is 2.05 bits per heavy atom. The Morgan fingerprint density at radius 3 is 2.68 bits per heavy atom. The summed E-state index contributed by atoms with van der Waals surface area (Å²) in [7, 11) is 0. The summed E-state index contributed by atoms with van der Waals surface area (Å²) in [5, 5.41) is 5.30. The molecular formula is C16H19N3O2S. The number of amides is 1. The summed E-state index contributed by atoms with van der Waals surface area (Å²) in [6, 6.07) is 7.47. The molecule has 0 unspecified atom stereocenters. The number of hydrogen-bond acceptors (Lipinski definition) is 5. The first-order chi connectivity index (χ1) is 10.7. The first-order valence-corrected chi connectivity index (χ1v) is 8.35. The zero-order valence-corrected chi connectivity index (χ0v) is 13.1. The van der Waals surface area contributed by atoms with E-state index in [9.17, 15) is 4.79 Å². The molecule has 0 spiro atoms. The van der Waals surface area contributed by atoms with Crippen LogP contribution in [0.1, 0.15) is 41.2 Å². The van der Waals surface area contributed by atoms with Crippen LogP contribution in [0.15, 0.2) is 29.6 Å². The predicted molar refractivity (Wildman–Crippen MR) is 87.3 cm³/mol. The summed E-state index contributed by atoms with van der Waals surface area (Å²) in [6.45, 7) is 0.352. The van der Waals surface area contributed by atoms with E-state index in [1.54, 1.807) is 5.38 Å². The summed E-state index contributed by atoms with van der Waals surface area (Å²) >= 11 is 1.39. The molecule has 6 heteroatoms. The number of rotatable bonds is 5. The molecule has 3 N–H and O–H groups in total. The third kappa shape index (κ3) is 3.64. The molecule has 1 saturated carbocycles. The normalized spacial score (nSPS) is 15.0. The largest absolute Gasteiger partial charge is 0.490 e. The van der Waals surface area contributed by atoms with Crippen molar-refractivity contribution >= 4 is 22.9 Å². The molecule has 1 aromatic carbocycles. The molecule has 0 radical (unpaired) electrons. The minimum absolute atomic E-state index is 0.222. The van der Waals surface area contributed by atoms with Gasteiger partial charge < -0.3 is 15.8 Å². The van der Waals surface area contributed by atoms with Crippen molar-refractivity contribution < 1.29 is 9.53 Å². The van der Waals surface area contributed by atoms with E-state index in [0.717, 1.165) is 29.3 Å². The van der Waals surface area contributed by atoms with Crippen molar-refractivity contribution in [2.75, 3.05) is 5.32 Å². The number of benzene rings is 1. The molecule has 1 fully saturated rings. The highest BCUT2D eigenvalue weighted by atomic mass is 32.1. The van der Waals surface area contributed by atoms with Gasteiger partial charge in [-0.3, -0.25) is 4.79 Å². The van der Waals surface area contributed by atoms with E-state index in [1.807, 2.05) is 24.3 Å². The lowest BCUT2D eigenvalue weighted by Gasteiger charge is -2.13. The SMILES string of the molecule is NCc1nc(C(=O)Nc2ccc(OC3CCCC3)cc2)cs1. The van der Waals surface area contributed by atoms with Crippen LogP contribution in [-0.4, -0.2) is 17.0 Å². The van der Waals surface area contributed by atoms with Crippen LogP contribution >= 0.6 is 11.3 Å². The number of anilines is 1. The number of aromatic nitrogens is 1. The summed E-state index contributed by atoms with van der Waals surface area (Å²) in [4.78, 5) is 16.2. The van der Waals surface area contributed by atoms with Crippen molar-refractivity contribution in [2.45, 2.75) is 38.3 Å². The van der Waals surface area contributed by atoms with Gasteiger partial charge in [0.2, 0.25) is 0 Å². The summed E-state index contributed by atoms with van der Waals surface area (Å²) in [5.41, 5.74) is 6.63. The standard InChI is InChI=1S/C16H19N3O2S/c17-9-15-19-14(10-22-15)16(20)18-11-5-7-13(8-6-11)21-12-3-1-2-4-12/h5-8,10,12H,1-4,9,17H2,(H,18,20). The van der Waals surface area contributed by atoms with E-state index in [2.05, 4.69) is 10.3 Å². The quantitative estimate of drug-likeness (QED) is 0.888. The number of nitrogens with zero attached hydrogens (tertiary/aromatic N) is 1. The molecule has 1 aromatic heterocycles. The fourth-order valence-corrected chi connectivity index (χ4v) is 3.17. The third-order valence-corrected chi connectivity index (χ3v) is 4.55. The minimum Gasteiger partial charge on any atom is -0.490 e. The van der Waals surface area contributed by atoms with Crippen LogP contribution < -0.4 is 15.8 Å². The van der Waals surface area contributed by atoms with Gasteiger partial charge in [-0.1, -0.05) is 0 Å². The van der Waals surface area contributed by atoms with Crippen molar-refractivity contribution in [2.24, 2.45) is 5.73 Å². The van der Waals surface area contributed by atoms with E-state index in [-0.39, 0.29) is 5.91 Å². The predicted octanol–water partition coefficient (Wildman–Crippen LogP) is 3.18. The summed E-state index contributed by atoms with van der Waals surface area (Å²) in [5.74, 6) is 0.629. The Bertz CT molecular complexity index is 633. The molecule has 1 aliphatic rings. The Hall–Kier alpha value is -1.92. The van der Waals surface area contributed by atoms with Gasteiger partial charge in [0, 0.05) is 17.6 Å². The minimum atomic E-state index is -0.222. The highest BCUT2D eigenvalue weighted by Crippen LogP contribution is 2.25. The average Bonchev–Trinajstić information content (AvgIpc) is 3.20. The summed E-state index contributed by atoms with van der Waals surface area (Å²) < 4.78 is 5.90. The molecule has 3 rings (SSSR count). The van der Waals surface area contributed by atoms with E-state index in [0.29, 0.717) is 18.3 Å². The molecule has 0 atom stereocenters. The summed E-state index contributed by atoms with van der Waals surface area (Å²) in [6.07, 6.45) is 5.09. The van der Waals surface area contributed by atoms with Crippen LogP contribution in [0.4, 0.5) is 5.69 Å². The maximum absolute atomic E-state index is 12.1. The topological polar surface area (TPSA) is 77.2 Å². The van der Waals surface area contributed by atoms with Crippen molar-refractivity contribution in [3.05, 3.63) is 40.3 Å². The molecule has 1 aliphatic carbocycles. The monoisotopic (exact) mass is 317 g/mol. The number of carbonyl (C=O) groups is 1. The molecular weight excluding hydrogens is 298 g/mol. The number of thiazole rings is 1. The van der Waals surface area contributed by atoms with E-state index in [1.165, 1.54) is 24.2 Å². The molecule has 22 heavy (non-hydrogen) atoms. The first-order valence-electron chi connectivity index (χ1n) is 7.47. The molecule has 116 valence electrons. The zero-order valence-electron chi connectivity index (χ0n) is 12.2. The number of carbonyl (C=O) groups excluding carboxylic acids is 1. The van der Waals surface area contributed by atoms with Crippen molar-refractivity contribution in [1.82, 2.24) is 4.98 Å². The Morgan fingerprint density at radius 1 is 1.32 bits per heavy atom. The van der Waals surface area contributed by atoms with Crippen LogP contribution in [0, 0.1) is 0 Å². The second-order valence-electron chi connectivity index (χ2n) is 5.33. The Kier molecular flexibility index (Phi) is 4.70. The van der Waals surface area contributed by atoms with E-state index < -0.39 is 0 Å². The highest BCUT2D eigenvalue weighted by molar-refractivity contribution is 7.09. The number of hydrogen-bond donors (Lipinski definition) is 2.